The Bertz CT molecular complexity index is 989. The number of hydrogen-bond donors (Lipinski definition) is 3. The summed E-state index contributed by atoms with van der Waals surface area (Å²) < 4.78 is 5.92. The maximum absolute atomic E-state index is 12.3. The van der Waals surface area contributed by atoms with Crippen LogP contribution in [0.5, 0.6) is 5.75 Å². The Morgan fingerprint density at radius 1 is 0.862 bits per heavy atom. The molecule has 7 heteroatoms. The minimum absolute atomic E-state index is 0.110. The molecule has 0 radical (unpaired) electrons. The molecule has 0 unspecified atom stereocenters. The first-order chi connectivity index (χ1) is 14.0. The van der Waals surface area contributed by atoms with Gasteiger partial charge in [0.25, 0.3) is 5.91 Å². The largest absolute Gasteiger partial charge is 0.497 e. The third-order valence-corrected chi connectivity index (χ3v) is 4.79. The lowest BCUT2D eigenvalue weighted by atomic mass is 10.2. The van der Waals surface area contributed by atoms with Gasteiger partial charge in [-0.15, -0.1) is 0 Å². The molecule has 0 saturated carbocycles. The summed E-state index contributed by atoms with van der Waals surface area (Å²) in [5, 5.41) is 8.69. The molecule has 29 heavy (non-hydrogen) atoms. The number of hydrogen-bond acceptors (Lipinski definition) is 4. The molecule has 3 N–H and O–H groups in total. The Balaban J connectivity index is 1.52. The van der Waals surface area contributed by atoms with Gasteiger partial charge in [-0.1, -0.05) is 12.1 Å². The van der Waals surface area contributed by atoms with Crippen molar-refractivity contribution in [2.75, 3.05) is 29.6 Å². The van der Waals surface area contributed by atoms with Crippen LogP contribution < -0.4 is 20.7 Å². The Morgan fingerprint density at radius 3 is 2.17 bits per heavy atom. The first kappa shape index (κ1) is 20.4. The molecule has 0 aromatic heterocycles. The van der Waals surface area contributed by atoms with E-state index in [9.17, 15) is 9.59 Å². The zero-order chi connectivity index (χ0) is 20.6. The number of amides is 2. The van der Waals surface area contributed by atoms with Gasteiger partial charge >= 0.3 is 0 Å². The van der Waals surface area contributed by atoms with Gasteiger partial charge in [-0.25, -0.2) is 0 Å². The van der Waals surface area contributed by atoms with E-state index >= 15 is 0 Å². The van der Waals surface area contributed by atoms with E-state index in [1.54, 1.807) is 55.6 Å². The number of rotatable bonds is 7. The van der Waals surface area contributed by atoms with Gasteiger partial charge in [-0.05, 0) is 76.6 Å². The standard InChI is InChI=1S/C22H20BrN3O3/c1-29-18-12-10-17(11-13-18)25-22(28)15-6-8-16(9-7-15)24-14-21(27)26-20-5-3-2-4-19(20)23/h2-13,24H,14H2,1H3,(H,25,28)(H,26,27). The lowest BCUT2D eigenvalue weighted by Gasteiger charge is -2.10. The smallest absolute Gasteiger partial charge is 0.255 e. The summed E-state index contributed by atoms with van der Waals surface area (Å²) in [5.74, 6) is 0.341. The van der Waals surface area contributed by atoms with Crippen molar-refractivity contribution in [3.8, 4) is 5.75 Å². The lowest BCUT2D eigenvalue weighted by molar-refractivity contribution is -0.114. The molecular weight excluding hydrogens is 434 g/mol. The summed E-state index contributed by atoms with van der Waals surface area (Å²) in [6.07, 6.45) is 0. The Morgan fingerprint density at radius 2 is 1.52 bits per heavy atom. The van der Waals surface area contributed by atoms with Gasteiger partial charge in [-0.2, -0.15) is 0 Å². The Labute approximate surface area is 177 Å². The lowest BCUT2D eigenvalue weighted by Crippen LogP contribution is -2.22. The van der Waals surface area contributed by atoms with Crippen molar-refractivity contribution in [2.45, 2.75) is 0 Å². The molecule has 0 heterocycles. The van der Waals surface area contributed by atoms with Crippen molar-refractivity contribution < 1.29 is 14.3 Å². The summed E-state index contributed by atoms with van der Waals surface area (Å²) in [7, 11) is 1.59. The average molecular weight is 454 g/mol. The van der Waals surface area contributed by atoms with E-state index in [4.69, 9.17) is 4.74 Å². The third kappa shape index (κ3) is 5.83. The number of ether oxygens (including phenoxy) is 1. The molecule has 0 fully saturated rings. The van der Waals surface area contributed by atoms with Crippen molar-refractivity contribution in [3.05, 3.63) is 82.8 Å². The van der Waals surface area contributed by atoms with Crippen molar-refractivity contribution in [1.82, 2.24) is 0 Å². The highest BCUT2D eigenvalue weighted by Gasteiger charge is 2.08. The molecule has 3 aromatic rings. The number of carbonyl (C=O) groups is 2. The molecule has 3 rings (SSSR count). The van der Waals surface area contributed by atoms with Crippen LogP contribution in [0.4, 0.5) is 17.1 Å². The average Bonchev–Trinajstić information content (AvgIpc) is 2.75. The van der Waals surface area contributed by atoms with E-state index in [-0.39, 0.29) is 18.4 Å². The van der Waals surface area contributed by atoms with Gasteiger partial charge in [0.2, 0.25) is 5.91 Å². The predicted octanol–water partition coefficient (Wildman–Crippen LogP) is 4.76. The van der Waals surface area contributed by atoms with Gasteiger partial charge in [0.15, 0.2) is 0 Å². The van der Waals surface area contributed by atoms with Crippen LogP contribution in [0, 0.1) is 0 Å². The molecule has 0 aliphatic carbocycles. The van der Waals surface area contributed by atoms with Crippen LogP contribution in [0.3, 0.4) is 0 Å². The van der Waals surface area contributed by atoms with Gasteiger partial charge < -0.3 is 20.7 Å². The van der Waals surface area contributed by atoms with Crippen molar-refractivity contribution in [2.24, 2.45) is 0 Å². The van der Waals surface area contributed by atoms with Gasteiger partial charge in [0.05, 0.1) is 19.3 Å². The second-order valence-corrected chi connectivity index (χ2v) is 7.00. The summed E-state index contributed by atoms with van der Waals surface area (Å²) in [6.45, 7) is 0.110. The summed E-state index contributed by atoms with van der Waals surface area (Å²) in [4.78, 5) is 24.4. The molecule has 0 aliphatic rings. The number of methoxy groups -OCH3 is 1. The molecule has 0 spiro atoms. The van der Waals surface area contributed by atoms with E-state index in [1.165, 1.54) is 0 Å². The molecule has 3 aromatic carbocycles. The Kier molecular flexibility index (Phi) is 6.86. The van der Waals surface area contributed by atoms with Crippen LogP contribution in [-0.2, 0) is 4.79 Å². The number of benzene rings is 3. The number of halogens is 1. The van der Waals surface area contributed by atoms with E-state index in [1.807, 2.05) is 24.3 Å². The Hall–Kier alpha value is -3.32. The zero-order valence-electron chi connectivity index (χ0n) is 15.7. The number of para-hydroxylation sites is 1. The monoisotopic (exact) mass is 453 g/mol. The second kappa shape index (κ2) is 9.75. The van der Waals surface area contributed by atoms with Crippen LogP contribution in [0.1, 0.15) is 10.4 Å². The van der Waals surface area contributed by atoms with Crippen molar-refractivity contribution in [3.63, 3.8) is 0 Å². The molecular formula is C22H20BrN3O3. The van der Waals surface area contributed by atoms with Crippen LogP contribution in [0.2, 0.25) is 0 Å². The normalized spacial score (nSPS) is 10.1. The molecule has 6 nitrogen and oxygen atoms in total. The summed E-state index contributed by atoms with van der Waals surface area (Å²) in [5.41, 5.74) is 2.66. The van der Waals surface area contributed by atoms with Gasteiger partial charge in [-0.3, -0.25) is 9.59 Å². The molecule has 0 saturated heterocycles. The summed E-state index contributed by atoms with van der Waals surface area (Å²) >= 11 is 3.39. The maximum atomic E-state index is 12.3. The highest BCUT2D eigenvalue weighted by atomic mass is 79.9. The molecule has 0 bridgehead atoms. The number of nitrogens with one attached hydrogen (secondary N) is 3. The van der Waals surface area contributed by atoms with E-state index in [2.05, 4.69) is 31.9 Å². The van der Waals surface area contributed by atoms with E-state index in [0.29, 0.717) is 16.9 Å². The first-order valence-electron chi connectivity index (χ1n) is 8.89. The highest BCUT2D eigenvalue weighted by molar-refractivity contribution is 9.10. The fourth-order valence-electron chi connectivity index (χ4n) is 2.56. The van der Waals surface area contributed by atoms with Gasteiger partial charge in [0.1, 0.15) is 5.75 Å². The van der Waals surface area contributed by atoms with Crippen molar-refractivity contribution >= 4 is 44.8 Å². The molecule has 148 valence electrons. The zero-order valence-corrected chi connectivity index (χ0v) is 17.3. The van der Waals surface area contributed by atoms with Gasteiger partial charge in [0, 0.05) is 21.4 Å². The fraction of sp³-hybridized carbons (Fsp3) is 0.0909. The molecule has 0 aliphatic heterocycles. The minimum Gasteiger partial charge on any atom is -0.497 e. The van der Waals surface area contributed by atoms with Crippen LogP contribution in [0.15, 0.2) is 77.3 Å². The van der Waals surface area contributed by atoms with Crippen molar-refractivity contribution in [1.29, 1.82) is 0 Å². The SMILES string of the molecule is COc1ccc(NC(=O)c2ccc(NCC(=O)Nc3ccccc3Br)cc2)cc1. The maximum Gasteiger partial charge on any atom is 0.255 e. The summed E-state index contributed by atoms with van der Waals surface area (Å²) in [6, 6.07) is 21.4. The van der Waals surface area contributed by atoms with Crippen LogP contribution >= 0.6 is 15.9 Å². The van der Waals surface area contributed by atoms with Crippen LogP contribution in [-0.4, -0.2) is 25.5 Å². The fourth-order valence-corrected chi connectivity index (χ4v) is 2.94. The quantitative estimate of drug-likeness (QED) is 0.481. The number of carbonyl (C=O) groups excluding carboxylic acids is 2. The first-order valence-corrected chi connectivity index (χ1v) is 9.68. The van der Waals surface area contributed by atoms with Crippen LogP contribution in [0.25, 0.3) is 0 Å². The van der Waals surface area contributed by atoms with E-state index in [0.717, 1.165) is 15.9 Å². The molecule has 0 atom stereocenters. The predicted molar refractivity (Wildman–Crippen MR) is 119 cm³/mol. The highest BCUT2D eigenvalue weighted by Crippen LogP contribution is 2.21. The number of anilines is 3. The molecule has 2 amide bonds. The topological polar surface area (TPSA) is 79.5 Å². The third-order valence-electron chi connectivity index (χ3n) is 4.10. The van der Waals surface area contributed by atoms with E-state index < -0.39 is 0 Å². The minimum atomic E-state index is -0.214. The second-order valence-electron chi connectivity index (χ2n) is 6.14.